The molecule has 4 nitrogen and oxygen atoms in total. The number of ketones is 1. The maximum absolute atomic E-state index is 12.4. The van der Waals surface area contributed by atoms with E-state index in [1.54, 1.807) is 34.4 Å². The summed E-state index contributed by atoms with van der Waals surface area (Å²) in [4.78, 5) is 28.9. The van der Waals surface area contributed by atoms with Crippen molar-refractivity contribution in [2.45, 2.75) is 19.4 Å². The molecule has 1 N–H and O–H groups in total. The first-order valence-electron chi connectivity index (χ1n) is 7.63. The van der Waals surface area contributed by atoms with E-state index >= 15 is 0 Å². The van der Waals surface area contributed by atoms with Crippen LogP contribution in [0.4, 0.5) is 5.69 Å². The van der Waals surface area contributed by atoms with Crippen molar-refractivity contribution in [1.82, 2.24) is 0 Å². The Hall–Kier alpha value is -1.69. The van der Waals surface area contributed by atoms with Crippen LogP contribution in [0, 0.1) is 0 Å². The van der Waals surface area contributed by atoms with E-state index in [9.17, 15) is 9.59 Å². The number of carbonyl (C=O) groups is 2. The molecule has 6 heteroatoms. The first kappa shape index (κ1) is 14.9. The van der Waals surface area contributed by atoms with Gasteiger partial charge in [-0.3, -0.25) is 14.5 Å². The van der Waals surface area contributed by atoms with Crippen LogP contribution in [0.2, 0.25) is 5.02 Å². The fraction of sp³-hybridized carbons (Fsp3) is 0.294. The number of hydrogen-bond donors (Lipinski definition) is 1. The zero-order valence-electron chi connectivity index (χ0n) is 12.6. The molecule has 0 saturated carbocycles. The molecule has 0 radical (unpaired) electrons. The summed E-state index contributed by atoms with van der Waals surface area (Å²) in [6, 6.07) is 7.58. The molecule has 0 saturated heterocycles. The lowest BCUT2D eigenvalue weighted by molar-refractivity contribution is -0.930. The number of fused-ring (bicyclic) bond motifs is 2. The van der Waals surface area contributed by atoms with E-state index in [-0.39, 0.29) is 0 Å². The van der Waals surface area contributed by atoms with Gasteiger partial charge in [0.15, 0.2) is 6.67 Å². The number of thiophene rings is 1. The predicted molar refractivity (Wildman–Crippen MR) is 90.4 cm³/mol. The second-order valence-electron chi connectivity index (χ2n) is 6.06. The zero-order valence-corrected chi connectivity index (χ0v) is 14.2. The molecule has 2 aliphatic heterocycles. The van der Waals surface area contributed by atoms with Gasteiger partial charge in [0.05, 0.1) is 17.8 Å². The van der Waals surface area contributed by atoms with E-state index in [4.69, 9.17) is 11.6 Å². The molecular weight excluding hydrogens is 332 g/mol. The van der Waals surface area contributed by atoms with Crippen molar-refractivity contribution in [2.75, 3.05) is 18.1 Å². The zero-order chi connectivity index (χ0) is 16.1. The average Bonchev–Trinajstić information content (AvgIpc) is 3.10. The maximum atomic E-state index is 12.4. The molecule has 2 atom stereocenters. The first-order chi connectivity index (χ1) is 11.1. The molecule has 1 unspecified atom stereocenters. The van der Waals surface area contributed by atoms with E-state index < -0.39 is 11.7 Å². The van der Waals surface area contributed by atoms with Crippen molar-refractivity contribution >= 4 is 40.3 Å². The third-order valence-electron chi connectivity index (χ3n) is 4.83. The van der Waals surface area contributed by atoms with Gasteiger partial charge in [-0.2, -0.15) is 0 Å². The summed E-state index contributed by atoms with van der Waals surface area (Å²) in [5.74, 6) is -0.902. The number of amides is 1. The highest BCUT2D eigenvalue weighted by Crippen LogP contribution is 2.31. The first-order valence-corrected chi connectivity index (χ1v) is 8.88. The van der Waals surface area contributed by atoms with Crippen LogP contribution < -0.4 is 9.80 Å². The van der Waals surface area contributed by atoms with Crippen molar-refractivity contribution in [1.29, 1.82) is 0 Å². The van der Waals surface area contributed by atoms with Gasteiger partial charge in [-0.05, 0) is 36.6 Å². The van der Waals surface area contributed by atoms with Crippen molar-refractivity contribution in [2.24, 2.45) is 0 Å². The fourth-order valence-corrected chi connectivity index (χ4v) is 4.65. The van der Waals surface area contributed by atoms with Crippen LogP contribution in [0.15, 0.2) is 29.6 Å². The molecule has 118 valence electrons. The van der Waals surface area contributed by atoms with E-state index in [1.165, 1.54) is 15.3 Å². The average molecular weight is 348 g/mol. The van der Waals surface area contributed by atoms with Crippen molar-refractivity contribution < 1.29 is 14.5 Å². The monoisotopic (exact) mass is 347 g/mol. The van der Waals surface area contributed by atoms with E-state index in [0.29, 0.717) is 29.0 Å². The number of nitrogens with one attached hydrogen (secondary N) is 1. The number of benzene rings is 1. The predicted octanol–water partition coefficient (Wildman–Crippen LogP) is 2.09. The van der Waals surface area contributed by atoms with Crippen LogP contribution >= 0.6 is 22.9 Å². The van der Waals surface area contributed by atoms with Gasteiger partial charge in [0.2, 0.25) is 0 Å². The molecule has 23 heavy (non-hydrogen) atoms. The molecule has 3 heterocycles. The Morgan fingerprint density at radius 1 is 1.35 bits per heavy atom. The molecule has 1 aromatic heterocycles. The molecule has 2 aliphatic rings. The van der Waals surface area contributed by atoms with Gasteiger partial charge in [0.1, 0.15) is 6.04 Å². The molecule has 1 amide bonds. The lowest BCUT2D eigenvalue weighted by atomic mass is 10.0. The number of quaternary nitrogens is 1. The highest BCUT2D eigenvalue weighted by Gasteiger charge is 2.39. The Bertz CT molecular complexity index is 817. The van der Waals surface area contributed by atoms with Crippen LogP contribution in [-0.2, 0) is 11.2 Å². The summed E-state index contributed by atoms with van der Waals surface area (Å²) in [6.45, 7) is 3.66. The second kappa shape index (κ2) is 5.44. The third kappa shape index (κ3) is 2.31. The topological polar surface area (TPSA) is 41.8 Å². The van der Waals surface area contributed by atoms with Crippen LogP contribution in [0.5, 0.6) is 0 Å². The lowest BCUT2D eigenvalue weighted by Gasteiger charge is -2.33. The Morgan fingerprint density at radius 2 is 2.17 bits per heavy atom. The van der Waals surface area contributed by atoms with Crippen molar-refractivity contribution in [3.63, 3.8) is 0 Å². The lowest BCUT2D eigenvalue weighted by Crippen LogP contribution is -3.14. The van der Waals surface area contributed by atoms with Crippen LogP contribution in [0.25, 0.3) is 0 Å². The highest BCUT2D eigenvalue weighted by molar-refractivity contribution is 7.10. The number of halogens is 1. The van der Waals surface area contributed by atoms with Crippen molar-refractivity contribution in [3.05, 3.63) is 50.7 Å². The van der Waals surface area contributed by atoms with E-state index in [1.807, 2.05) is 0 Å². The Kier molecular flexibility index (Phi) is 3.52. The number of nitrogens with zero attached hydrogens (tertiary/aromatic N) is 1. The number of hydrogen-bond acceptors (Lipinski definition) is 3. The third-order valence-corrected chi connectivity index (χ3v) is 6.06. The molecule has 0 fully saturated rings. The molecule has 4 rings (SSSR count). The van der Waals surface area contributed by atoms with Gasteiger partial charge in [0.25, 0.3) is 5.78 Å². The van der Waals surface area contributed by atoms with Crippen LogP contribution in [-0.4, -0.2) is 24.9 Å². The minimum Gasteiger partial charge on any atom is -0.311 e. The molecule has 1 aromatic carbocycles. The Balaban J connectivity index is 1.63. The SMILES string of the molecule is C[C@@H]1c2ccsc2CC[NH+]1CN1C(=O)C(=O)c2cc(Cl)ccc21. The quantitative estimate of drug-likeness (QED) is 0.845. The minimum atomic E-state index is -0.456. The molecule has 0 spiro atoms. The van der Waals surface area contributed by atoms with E-state index in [0.717, 1.165) is 13.0 Å². The molecule has 0 aliphatic carbocycles. The van der Waals surface area contributed by atoms with Gasteiger partial charge in [-0.25, -0.2) is 0 Å². The number of Topliss-reactive ketones (excluding diaryl/α,β-unsaturated/α-hetero) is 1. The fourth-order valence-electron chi connectivity index (χ4n) is 3.50. The maximum Gasteiger partial charge on any atom is 0.303 e. The molecule has 2 aromatic rings. The summed E-state index contributed by atoms with van der Waals surface area (Å²) in [7, 11) is 0. The van der Waals surface area contributed by atoms with E-state index in [2.05, 4.69) is 18.4 Å². The summed E-state index contributed by atoms with van der Waals surface area (Å²) in [6.07, 6.45) is 1.02. The minimum absolute atomic E-state index is 0.323. The Morgan fingerprint density at radius 3 is 3.00 bits per heavy atom. The van der Waals surface area contributed by atoms with Crippen molar-refractivity contribution in [3.8, 4) is 0 Å². The smallest absolute Gasteiger partial charge is 0.303 e. The number of anilines is 1. The van der Waals surface area contributed by atoms with Gasteiger partial charge < -0.3 is 4.90 Å². The largest absolute Gasteiger partial charge is 0.311 e. The summed E-state index contributed by atoms with van der Waals surface area (Å²) >= 11 is 7.76. The van der Waals surface area contributed by atoms with Gasteiger partial charge in [0, 0.05) is 21.9 Å². The van der Waals surface area contributed by atoms with Crippen LogP contribution in [0.1, 0.15) is 33.8 Å². The number of rotatable bonds is 2. The second-order valence-corrected chi connectivity index (χ2v) is 7.50. The van der Waals surface area contributed by atoms with Gasteiger partial charge in [-0.15, -0.1) is 11.3 Å². The van der Waals surface area contributed by atoms with Gasteiger partial charge >= 0.3 is 5.91 Å². The summed E-state index contributed by atoms with van der Waals surface area (Å²) < 4.78 is 0. The highest BCUT2D eigenvalue weighted by atomic mass is 35.5. The Labute approximate surface area is 143 Å². The normalized spacial score (nSPS) is 23.1. The number of carbonyl (C=O) groups excluding carboxylic acids is 2. The van der Waals surface area contributed by atoms with Crippen LogP contribution in [0.3, 0.4) is 0 Å². The summed E-state index contributed by atoms with van der Waals surface area (Å²) in [5.41, 5.74) is 2.47. The molecule has 0 bridgehead atoms. The van der Waals surface area contributed by atoms with Gasteiger partial charge in [-0.1, -0.05) is 11.6 Å². The molecular formula is C17H16ClN2O2S+. The standard InChI is InChI=1S/C17H15ClN2O2S/c1-10-12-5-7-23-15(12)4-6-19(10)9-20-14-3-2-11(18)8-13(14)16(21)17(20)22/h2-3,5,7-8,10H,4,6,9H2,1H3/p+1/t10-/m1/s1. The summed E-state index contributed by atoms with van der Waals surface area (Å²) in [5, 5.41) is 2.61.